The van der Waals surface area contributed by atoms with E-state index in [0.29, 0.717) is 13.1 Å². The van der Waals surface area contributed by atoms with Crippen molar-refractivity contribution in [2.24, 2.45) is 11.3 Å². The van der Waals surface area contributed by atoms with Crippen molar-refractivity contribution in [2.45, 2.75) is 52.0 Å². The summed E-state index contributed by atoms with van der Waals surface area (Å²) in [5.74, 6) is 0.742. The first kappa shape index (κ1) is 16.6. The monoisotopic (exact) mass is 297 g/mol. The minimum absolute atomic E-state index is 0.0136. The van der Waals surface area contributed by atoms with Gasteiger partial charge in [0.1, 0.15) is 0 Å². The van der Waals surface area contributed by atoms with Gasteiger partial charge in [0.05, 0.1) is 6.61 Å². The average Bonchev–Trinajstić information content (AvgIpc) is 3.24. The summed E-state index contributed by atoms with van der Waals surface area (Å²) in [4.78, 5) is 14.4. The second-order valence-corrected chi connectivity index (χ2v) is 7.70. The summed E-state index contributed by atoms with van der Waals surface area (Å²) >= 11 is 0. The number of hydrogen-bond acceptors (Lipinski definition) is 3. The van der Waals surface area contributed by atoms with Crippen LogP contribution in [0.15, 0.2) is 0 Å². The van der Waals surface area contributed by atoms with Crippen molar-refractivity contribution in [1.29, 1.82) is 0 Å². The van der Waals surface area contributed by atoms with Crippen LogP contribution < -0.4 is 10.6 Å². The van der Waals surface area contributed by atoms with E-state index in [9.17, 15) is 9.90 Å². The van der Waals surface area contributed by atoms with E-state index in [1.165, 1.54) is 12.8 Å². The average molecular weight is 297 g/mol. The first-order valence-electron chi connectivity index (χ1n) is 8.25. The number of aliphatic hydroxyl groups excluding tert-OH is 1. The fourth-order valence-electron chi connectivity index (χ4n) is 3.05. The number of urea groups is 1. The van der Waals surface area contributed by atoms with Gasteiger partial charge in [0, 0.05) is 30.6 Å². The molecule has 5 nitrogen and oxygen atoms in total. The van der Waals surface area contributed by atoms with E-state index in [0.717, 1.165) is 31.8 Å². The Morgan fingerprint density at radius 2 is 2.10 bits per heavy atom. The van der Waals surface area contributed by atoms with Crippen LogP contribution in [0.4, 0.5) is 4.79 Å². The SMILES string of the molecule is CC1CCCN(C(C)(C)CNC(=O)NCC2(CO)CC2)C1. The molecular weight excluding hydrogens is 266 g/mol. The van der Waals surface area contributed by atoms with E-state index in [-0.39, 0.29) is 23.6 Å². The lowest BCUT2D eigenvalue weighted by molar-refractivity contribution is 0.0723. The van der Waals surface area contributed by atoms with Crippen molar-refractivity contribution in [1.82, 2.24) is 15.5 Å². The Labute approximate surface area is 128 Å². The first-order chi connectivity index (χ1) is 9.87. The predicted molar refractivity (Wildman–Crippen MR) is 84.2 cm³/mol. The molecule has 2 amide bonds. The van der Waals surface area contributed by atoms with E-state index in [4.69, 9.17) is 0 Å². The van der Waals surface area contributed by atoms with Gasteiger partial charge >= 0.3 is 6.03 Å². The van der Waals surface area contributed by atoms with Gasteiger partial charge in [0.15, 0.2) is 0 Å². The minimum Gasteiger partial charge on any atom is -0.396 e. The zero-order valence-electron chi connectivity index (χ0n) is 13.7. The van der Waals surface area contributed by atoms with Crippen LogP contribution in [0, 0.1) is 11.3 Å². The third kappa shape index (κ3) is 4.58. The van der Waals surface area contributed by atoms with Gasteiger partial charge in [-0.2, -0.15) is 0 Å². The van der Waals surface area contributed by atoms with E-state index in [1.54, 1.807) is 0 Å². The fraction of sp³-hybridized carbons (Fsp3) is 0.938. The summed E-state index contributed by atoms with van der Waals surface area (Å²) in [6, 6.07) is -0.118. The quantitative estimate of drug-likeness (QED) is 0.697. The largest absolute Gasteiger partial charge is 0.396 e. The smallest absolute Gasteiger partial charge is 0.314 e. The molecule has 2 aliphatic rings. The number of carbonyl (C=O) groups excluding carboxylic acids is 1. The molecule has 2 rings (SSSR count). The van der Waals surface area contributed by atoms with Crippen LogP contribution in [-0.2, 0) is 0 Å². The summed E-state index contributed by atoms with van der Waals surface area (Å²) in [6.07, 6.45) is 4.58. The van der Waals surface area contributed by atoms with Crippen LogP contribution in [0.25, 0.3) is 0 Å². The number of carbonyl (C=O) groups is 1. The van der Waals surface area contributed by atoms with Crippen LogP contribution >= 0.6 is 0 Å². The second-order valence-electron chi connectivity index (χ2n) is 7.70. The molecule has 2 fully saturated rings. The topological polar surface area (TPSA) is 64.6 Å². The van der Waals surface area contributed by atoms with Crippen LogP contribution in [-0.4, -0.2) is 54.4 Å². The van der Waals surface area contributed by atoms with Crippen molar-refractivity contribution >= 4 is 6.03 Å². The highest BCUT2D eigenvalue weighted by Gasteiger charge is 2.42. The lowest BCUT2D eigenvalue weighted by atomic mass is 9.93. The second kappa shape index (κ2) is 6.53. The van der Waals surface area contributed by atoms with E-state index in [2.05, 4.69) is 36.3 Å². The highest BCUT2D eigenvalue weighted by Crippen LogP contribution is 2.44. The summed E-state index contributed by atoms with van der Waals surface area (Å²) in [5.41, 5.74) is -0.0462. The Balaban J connectivity index is 1.71. The number of nitrogens with one attached hydrogen (secondary N) is 2. The molecule has 1 atom stereocenters. The van der Waals surface area contributed by atoms with Crippen molar-refractivity contribution in [3.63, 3.8) is 0 Å². The Morgan fingerprint density at radius 1 is 1.38 bits per heavy atom. The Hall–Kier alpha value is -0.810. The molecule has 0 aromatic rings. The Morgan fingerprint density at radius 3 is 2.67 bits per heavy atom. The zero-order valence-corrected chi connectivity index (χ0v) is 13.7. The van der Waals surface area contributed by atoms with Gasteiger partial charge in [-0.25, -0.2) is 4.79 Å². The molecule has 5 heteroatoms. The lowest BCUT2D eigenvalue weighted by Gasteiger charge is -2.43. The first-order valence-corrected chi connectivity index (χ1v) is 8.25. The summed E-state index contributed by atoms with van der Waals surface area (Å²) in [5, 5.41) is 15.1. The van der Waals surface area contributed by atoms with Gasteiger partial charge < -0.3 is 15.7 Å². The lowest BCUT2D eigenvalue weighted by Crippen LogP contribution is -2.55. The normalized spacial score (nSPS) is 25.4. The van der Waals surface area contributed by atoms with E-state index < -0.39 is 0 Å². The molecule has 1 aliphatic heterocycles. The molecule has 1 unspecified atom stereocenters. The zero-order chi connectivity index (χ0) is 15.5. The molecular formula is C16H31N3O2. The highest BCUT2D eigenvalue weighted by molar-refractivity contribution is 5.74. The predicted octanol–water partition coefficient (Wildman–Crippen LogP) is 1.57. The van der Waals surface area contributed by atoms with Gasteiger partial charge in [-0.3, -0.25) is 4.90 Å². The Kier molecular flexibility index (Phi) is 5.15. The molecule has 1 saturated carbocycles. The number of aliphatic hydroxyl groups is 1. The molecule has 122 valence electrons. The summed E-state index contributed by atoms with van der Waals surface area (Å²) in [6.45, 7) is 10.3. The fourth-order valence-corrected chi connectivity index (χ4v) is 3.05. The van der Waals surface area contributed by atoms with Gasteiger partial charge in [-0.15, -0.1) is 0 Å². The minimum atomic E-state index is -0.118. The molecule has 1 heterocycles. The molecule has 3 N–H and O–H groups in total. The van der Waals surface area contributed by atoms with Gasteiger partial charge in [-0.1, -0.05) is 6.92 Å². The van der Waals surface area contributed by atoms with Gasteiger partial charge in [0.25, 0.3) is 0 Å². The third-order valence-corrected chi connectivity index (χ3v) is 5.11. The third-order valence-electron chi connectivity index (χ3n) is 5.11. The number of nitrogens with zero attached hydrogens (tertiary/aromatic N) is 1. The summed E-state index contributed by atoms with van der Waals surface area (Å²) < 4.78 is 0. The van der Waals surface area contributed by atoms with Gasteiger partial charge in [0.2, 0.25) is 0 Å². The molecule has 21 heavy (non-hydrogen) atoms. The standard InChI is InChI=1S/C16H31N3O2/c1-13-5-4-8-19(9-13)15(2,3)10-17-14(21)18-11-16(12-20)6-7-16/h13,20H,4-12H2,1-3H3,(H2,17,18,21). The molecule has 0 radical (unpaired) electrons. The number of hydrogen-bond donors (Lipinski definition) is 3. The van der Waals surface area contributed by atoms with Crippen molar-refractivity contribution in [2.75, 3.05) is 32.8 Å². The summed E-state index contributed by atoms with van der Waals surface area (Å²) in [7, 11) is 0. The van der Waals surface area contributed by atoms with E-state index in [1.807, 2.05) is 0 Å². The number of likely N-dealkylation sites (tertiary alicyclic amines) is 1. The van der Waals surface area contributed by atoms with Crippen molar-refractivity contribution < 1.29 is 9.90 Å². The molecule has 0 bridgehead atoms. The number of piperidine rings is 1. The van der Waals surface area contributed by atoms with Crippen LogP contribution in [0.5, 0.6) is 0 Å². The molecule has 0 spiro atoms. The maximum Gasteiger partial charge on any atom is 0.314 e. The Bertz CT molecular complexity index is 367. The van der Waals surface area contributed by atoms with E-state index >= 15 is 0 Å². The number of amides is 2. The van der Waals surface area contributed by atoms with Crippen LogP contribution in [0.2, 0.25) is 0 Å². The molecule has 0 aromatic carbocycles. The van der Waals surface area contributed by atoms with Crippen molar-refractivity contribution in [3.8, 4) is 0 Å². The maximum absolute atomic E-state index is 11.9. The molecule has 1 saturated heterocycles. The maximum atomic E-state index is 11.9. The van der Waals surface area contributed by atoms with Gasteiger partial charge in [-0.05, 0) is 52.0 Å². The molecule has 0 aromatic heterocycles. The van der Waals surface area contributed by atoms with Crippen LogP contribution in [0.3, 0.4) is 0 Å². The highest BCUT2D eigenvalue weighted by atomic mass is 16.3. The van der Waals surface area contributed by atoms with Crippen molar-refractivity contribution in [3.05, 3.63) is 0 Å². The molecule has 1 aliphatic carbocycles. The number of rotatable bonds is 6. The van der Waals surface area contributed by atoms with Crippen LogP contribution in [0.1, 0.15) is 46.5 Å².